The zero-order chi connectivity index (χ0) is 21.2. The van der Waals surface area contributed by atoms with Gasteiger partial charge in [-0.2, -0.15) is 4.31 Å². The molecule has 1 saturated heterocycles. The Kier molecular flexibility index (Phi) is 6.82. The number of piperazine rings is 1. The third-order valence-corrected chi connectivity index (χ3v) is 7.80. The van der Waals surface area contributed by atoms with Gasteiger partial charge in [-0.1, -0.05) is 23.4 Å². The maximum absolute atomic E-state index is 13.3. The van der Waals surface area contributed by atoms with E-state index in [9.17, 15) is 17.6 Å². The van der Waals surface area contributed by atoms with Crippen LogP contribution in [0.3, 0.4) is 0 Å². The van der Waals surface area contributed by atoms with E-state index in [-0.39, 0.29) is 47.8 Å². The maximum atomic E-state index is 13.3. The Hall–Kier alpha value is -1.69. The number of benzene rings is 1. The monoisotopic (exact) mass is 461 g/mol. The third kappa shape index (κ3) is 4.73. The van der Waals surface area contributed by atoms with Crippen LogP contribution in [-0.4, -0.2) is 70.2 Å². The Morgan fingerprint density at radius 2 is 1.93 bits per heavy atom. The van der Waals surface area contributed by atoms with Crippen molar-refractivity contribution in [3.05, 3.63) is 34.9 Å². The molecule has 0 unspecified atom stereocenters. The Labute approximate surface area is 178 Å². The number of hydrogen-bond donors (Lipinski definition) is 0. The summed E-state index contributed by atoms with van der Waals surface area (Å²) in [7, 11) is -3.79. The molecule has 1 fully saturated rings. The number of hydrogen-bond acceptors (Lipinski definition) is 6. The van der Waals surface area contributed by atoms with Crippen molar-refractivity contribution in [3.63, 3.8) is 0 Å². The second-order valence-electron chi connectivity index (χ2n) is 6.42. The zero-order valence-corrected chi connectivity index (χ0v) is 18.4. The van der Waals surface area contributed by atoms with Gasteiger partial charge in [0.15, 0.2) is 5.16 Å². The fourth-order valence-electron chi connectivity index (χ4n) is 3.01. The number of aromatic nitrogens is 3. The van der Waals surface area contributed by atoms with E-state index in [0.29, 0.717) is 5.16 Å². The molecule has 2 aromatic rings. The van der Waals surface area contributed by atoms with Crippen molar-refractivity contribution in [2.45, 2.75) is 30.4 Å². The molecule has 1 amide bonds. The first kappa shape index (κ1) is 22.0. The van der Waals surface area contributed by atoms with Gasteiger partial charge in [-0.05, 0) is 32.0 Å². The van der Waals surface area contributed by atoms with Crippen LogP contribution in [-0.2, 0) is 21.4 Å². The molecular weight excluding hydrogens is 441 g/mol. The summed E-state index contributed by atoms with van der Waals surface area (Å²) in [6, 6.07) is 3.33. The molecule has 0 bridgehead atoms. The Morgan fingerprint density at radius 1 is 1.24 bits per heavy atom. The first-order valence-electron chi connectivity index (χ1n) is 8.99. The molecule has 0 N–H and O–H groups in total. The smallest absolute Gasteiger partial charge is 0.243 e. The fraction of sp³-hybridized carbons (Fsp3) is 0.471. The summed E-state index contributed by atoms with van der Waals surface area (Å²) >= 11 is 7.02. The van der Waals surface area contributed by atoms with Crippen LogP contribution < -0.4 is 0 Å². The minimum absolute atomic E-state index is 0.0616. The zero-order valence-electron chi connectivity index (χ0n) is 16.0. The number of rotatable bonds is 6. The van der Waals surface area contributed by atoms with E-state index in [4.69, 9.17) is 11.6 Å². The average Bonchev–Trinajstić information content (AvgIpc) is 3.07. The summed E-state index contributed by atoms with van der Waals surface area (Å²) in [5, 5.41) is 8.54. The van der Waals surface area contributed by atoms with Gasteiger partial charge in [-0.25, -0.2) is 12.8 Å². The topological polar surface area (TPSA) is 88.4 Å². The second-order valence-corrected chi connectivity index (χ2v) is 9.71. The number of amides is 1. The third-order valence-electron chi connectivity index (χ3n) is 4.66. The molecule has 8 nitrogen and oxygen atoms in total. The van der Waals surface area contributed by atoms with Crippen molar-refractivity contribution in [1.29, 1.82) is 0 Å². The molecule has 0 atom stereocenters. The molecule has 0 spiro atoms. The van der Waals surface area contributed by atoms with E-state index in [2.05, 4.69) is 10.2 Å². The van der Waals surface area contributed by atoms with Crippen LogP contribution >= 0.6 is 23.4 Å². The number of aryl methyl sites for hydroxylation is 1. The average molecular weight is 462 g/mol. The fourth-order valence-corrected chi connectivity index (χ4v) is 5.66. The molecule has 0 saturated carbocycles. The quantitative estimate of drug-likeness (QED) is 0.611. The number of carbonyl (C=O) groups is 1. The van der Waals surface area contributed by atoms with Gasteiger partial charge in [0, 0.05) is 32.7 Å². The predicted molar refractivity (Wildman–Crippen MR) is 108 cm³/mol. The summed E-state index contributed by atoms with van der Waals surface area (Å²) in [5.41, 5.74) is 0. The van der Waals surface area contributed by atoms with E-state index in [1.165, 1.54) is 22.1 Å². The molecule has 1 aliphatic rings. The lowest BCUT2D eigenvalue weighted by atomic mass is 10.3. The van der Waals surface area contributed by atoms with E-state index in [1.807, 2.05) is 18.4 Å². The van der Waals surface area contributed by atoms with Crippen molar-refractivity contribution >= 4 is 39.3 Å². The summed E-state index contributed by atoms with van der Waals surface area (Å²) in [4.78, 5) is 14.1. The van der Waals surface area contributed by atoms with Crippen LogP contribution in [0.25, 0.3) is 0 Å². The van der Waals surface area contributed by atoms with Crippen molar-refractivity contribution in [3.8, 4) is 0 Å². The molecule has 3 rings (SSSR count). The summed E-state index contributed by atoms with van der Waals surface area (Å²) in [6.07, 6.45) is 0. The molecule has 29 heavy (non-hydrogen) atoms. The van der Waals surface area contributed by atoms with Gasteiger partial charge >= 0.3 is 0 Å². The largest absolute Gasteiger partial charge is 0.339 e. The van der Waals surface area contributed by atoms with Crippen LogP contribution in [0.1, 0.15) is 12.7 Å². The minimum atomic E-state index is -3.79. The molecule has 158 valence electrons. The Bertz CT molecular complexity index is 1010. The summed E-state index contributed by atoms with van der Waals surface area (Å²) in [5.74, 6) is 0.244. The second kappa shape index (κ2) is 8.99. The SMILES string of the molecule is CCn1c(C)nnc1SCC(=O)N1CCN(S(=O)(=O)c2ccc(F)c(Cl)c2)CC1. The Balaban J connectivity index is 1.58. The van der Waals surface area contributed by atoms with Crippen LogP contribution in [0.5, 0.6) is 0 Å². The van der Waals surface area contributed by atoms with Gasteiger partial charge in [0.1, 0.15) is 11.6 Å². The van der Waals surface area contributed by atoms with Gasteiger partial charge in [0.2, 0.25) is 15.9 Å². The molecule has 12 heteroatoms. The molecule has 1 aromatic heterocycles. The van der Waals surface area contributed by atoms with E-state index in [1.54, 1.807) is 4.90 Å². The number of nitrogens with zero attached hydrogens (tertiary/aromatic N) is 5. The van der Waals surface area contributed by atoms with Crippen molar-refractivity contribution in [2.24, 2.45) is 0 Å². The van der Waals surface area contributed by atoms with Gasteiger partial charge in [0.05, 0.1) is 15.7 Å². The highest BCUT2D eigenvalue weighted by atomic mass is 35.5. The standard InChI is InChI=1S/C17H21ClFN5O3S2/c1-3-24-12(2)20-21-17(24)28-11-16(25)22-6-8-23(9-7-22)29(26,27)13-4-5-15(19)14(18)10-13/h4-5,10H,3,6-9,11H2,1-2H3. The molecular formula is C17H21ClFN5O3S2. The van der Waals surface area contributed by atoms with Crippen LogP contribution in [0.2, 0.25) is 5.02 Å². The minimum Gasteiger partial charge on any atom is -0.339 e. The van der Waals surface area contributed by atoms with Crippen LogP contribution in [0.4, 0.5) is 4.39 Å². The first-order chi connectivity index (χ1) is 13.7. The normalized spacial score (nSPS) is 15.7. The molecule has 1 aliphatic heterocycles. The van der Waals surface area contributed by atoms with Gasteiger partial charge < -0.3 is 9.47 Å². The predicted octanol–water partition coefficient (Wildman–Crippen LogP) is 2.02. The number of halogens is 2. The van der Waals surface area contributed by atoms with Crippen molar-refractivity contribution < 1.29 is 17.6 Å². The maximum Gasteiger partial charge on any atom is 0.243 e. The lowest BCUT2D eigenvalue weighted by Crippen LogP contribution is -2.51. The molecule has 0 aliphatic carbocycles. The highest BCUT2D eigenvalue weighted by Crippen LogP contribution is 2.24. The van der Waals surface area contributed by atoms with E-state index < -0.39 is 15.8 Å². The highest BCUT2D eigenvalue weighted by molar-refractivity contribution is 7.99. The summed E-state index contributed by atoms with van der Waals surface area (Å²) in [6.45, 7) is 5.46. The van der Waals surface area contributed by atoms with Crippen molar-refractivity contribution in [1.82, 2.24) is 24.0 Å². The number of sulfonamides is 1. The van der Waals surface area contributed by atoms with Gasteiger partial charge in [0.25, 0.3) is 0 Å². The first-order valence-corrected chi connectivity index (χ1v) is 11.8. The highest BCUT2D eigenvalue weighted by Gasteiger charge is 2.30. The van der Waals surface area contributed by atoms with Gasteiger partial charge in [-0.3, -0.25) is 4.79 Å². The summed E-state index contributed by atoms with van der Waals surface area (Å²) < 4.78 is 42.0. The number of thioether (sulfide) groups is 1. The van der Waals surface area contributed by atoms with E-state index in [0.717, 1.165) is 24.5 Å². The van der Waals surface area contributed by atoms with E-state index >= 15 is 0 Å². The van der Waals surface area contributed by atoms with Crippen LogP contribution in [0.15, 0.2) is 28.3 Å². The lowest BCUT2D eigenvalue weighted by Gasteiger charge is -2.34. The molecule has 2 heterocycles. The lowest BCUT2D eigenvalue weighted by molar-refractivity contribution is -0.129. The van der Waals surface area contributed by atoms with Crippen molar-refractivity contribution in [2.75, 3.05) is 31.9 Å². The van der Waals surface area contributed by atoms with Gasteiger partial charge in [-0.15, -0.1) is 10.2 Å². The number of carbonyl (C=O) groups excluding carboxylic acids is 1. The molecule has 1 aromatic carbocycles. The van der Waals surface area contributed by atoms with Crippen LogP contribution in [0, 0.1) is 12.7 Å². The molecule has 0 radical (unpaired) electrons. The Morgan fingerprint density at radius 3 is 2.55 bits per heavy atom.